The van der Waals surface area contributed by atoms with Gasteiger partial charge in [0.2, 0.25) is 0 Å². The number of para-hydroxylation sites is 1. The Labute approximate surface area is 159 Å². The van der Waals surface area contributed by atoms with E-state index in [1.807, 2.05) is 13.8 Å². The number of carbonyl (C=O) groups is 1. The fraction of sp³-hybridized carbons (Fsp3) is 0.238. The minimum Gasteiger partial charge on any atom is -0.505 e. The van der Waals surface area contributed by atoms with E-state index in [0.29, 0.717) is 0 Å². The molecule has 1 unspecified atom stereocenters. The summed E-state index contributed by atoms with van der Waals surface area (Å²) in [5.41, 5.74) is -1.46. The minimum atomic E-state index is -4.71. The first-order valence-corrected chi connectivity index (χ1v) is 8.64. The molecule has 1 aromatic heterocycles. The molecule has 3 rings (SSSR count). The van der Waals surface area contributed by atoms with E-state index in [1.165, 1.54) is 6.07 Å². The van der Waals surface area contributed by atoms with Crippen molar-refractivity contribution in [1.29, 1.82) is 0 Å². The van der Waals surface area contributed by atoms with Gasteiger partial charge in [0.25, 0.3) is 0 Å². The van der Waals surface area contributed by atoms with Crippen LogP contribution in [0.2, 0.25) is 0 Å². The number of hydrogen-bond donors (Lipinski definition) is 2. The zero-order valence-corrected chi connectivity index (χ0v) is 15.2. The van der Waals surface area contributed by atoms with Crippen molar-refractivity contribution in [1.82, 2.24) is 4.98 Å². The maximum atomic E-state index is 13.5. The molecule has 146 valence electrons. The Hall–Kier alpha value is -3.09. The SMILES string of the molecule is CC(C)C(c1ccccc1)c1nc2c(C(F)(F)F)cccc2c(C(=O)O)c1O. The first-order chi connectivity index (χ1) is 13.1. The Kier molecular flexibility index (Phi) is 5.02. The van der Waals surface area contributed by atoms with Crippen LogP contribution in [0.4, 0.5) is 13.2 Å². The first kappa shape index (κ1) is 19.7. The van der Waals surface area contributed by atoms with Gasteiger partial charge in [-0.1, -0.05) is 56.3 Å². The van der Waals surface area contributed by atoms with Crippen LogP contribution in [0, 0.1) is 5.92 Å². The number of pyridine rings is 1. The van der Waals surface area contributed by atoms with Crippen molar-refractivity contribution in [3.8, 4) is 5.75 Å². The van der Waals surface area contributed by atoms with Crippen molar-refractivity contribution in [3.05, 3.63) is 70.9 Å². The molecular formula is C21H18F3NO3. The number of benzene rings is 2. The number of hydrogen-bond acceptors (Lipinski definition) is 3. The predicted octanol–water partition coefficient (Wildman–Crippen LogP) is 5.45. The van der Waals surface area contributed by atoms with E-state index in [1.54, 1.807) is 30.3 Å². The monoisotopic (exact) mass is 389 g/mol. The highest BCUT2D eigenvalue weighted by molar-refractivity contribution is 6.06. The summed E-state index contributed by atoms with van der Waals surface area (Å²) in [6.45, 7) is 3.66. The molecule has 0 aliphatic heterocycles. The molecule has 0 aliphatic carbocycles. The third kappa shape index (κ3) is 3.40. The molecule has 3 aromatic rings. The van der Waals surface area contributed by atoms with Crippen LogP contribution in [-0.2, 0) is 6.18 Å². The summed E-state index contributed by atoms with van der Waals surface area (Å²) in [4.78, 5) is 16.0. The van der Waals surface area contributed by atoms with Gasteiger partial charge in [-0.05, 0) is 17.5 Å². The molecule has 0 radical (unpaired) electrons. The molecule has 0 fully saturated rings. The van der Waals surface area contributed by atoms with E-state index in [2.05, 4.69) is 4.98 Å². The predicted molar refractivity (Wildman–Crippen MR) is 98.5 cm³/mol. The van der Waals surface area contributed by atoms with Crippen molar-refractivity contribution < 1.29 is 28.2 Å². The van der Waals surface area contributed by atoms with Crippen LogP contribution in [0.15, 0.2) is 48.5 Å². The van der Waals surface area contributed by atoms with E-state index in [9.17, 15) is 28.2 Å². The number of fused-ring (bicyclic) bond motifs is 1. The number of carboxylic acid groups (broad SMARTS) is 1. The van der Waals surface area contributed by atoms with E-state index in [-0.39, 0.29) is 17.0 Å². The van der Waals surface area contributed by atoms with E-state index >= 15 is 0 Å². The molecular weight excluding hydrogens is 371 g/mol. The molecule has 0 saturated heterocycles. The smallest absolute Gasteiger partial charge is 0.418 e. The van der Waals surface area contributed by atoms with Crippen LogP contribution >= 0.6 is 0 Å². The third-order valence-electron chi connectivity index (χ3n) is 4.66. The number of alkyl halides is 3. The largest absolute Gasteiger partial charge is 0.505 e. The molecule has 0 spiro atoms. The lowest BCUT2D eigenvalue weighted by atomic mass is 9.84. The topological polar surface area (TPSA) is 70.4 Å². The third-order valence-corrected chi connectivity index (χ3v) is 4.66. The Balaban J connectivity index is 2.43. The summed E-state index contributed by atoms with van der Waals surface area (Å²) in [6, 6.07) is 12.0. The number of nitrogens with zero attached hydrogens (tertiary/aromatic N) is 1. The van der Waals surface area contributed by atoms with Crippen molar-refractivity contribution in [2.24, 2.45) is 5.92 Å². The lowest BCUT2D eigenvalue weighted by Crippen LogP contribution is -2.15. The highest BCUT2D eigenvalue weighted by Gasteiger charge is 2.36. The highest BCUT2D eigenvalue weighted by Crippen LogP contribution is 2.42. The maximum Gasteiger partial charge on any atom is 0.418 e. The Morgan fingerprint density at radius 2 is 1.68 bits per heavy atom. The van der Waals surface area contributed by atoms with Gasteiger partial charge in [-0.25, -0.2) is 9.78 Å². The van der Waals surface area contributed by atoms with Crippen molar-refractivity contribution >= 4 is 16.9 Å². The Morgan fingerprint density at radius 1 is 1.04 bits per heavy atom. The van der Waals surface area contributed by atoms with Gasteiger partial charge in [0.1, 0.15) is 5.56 Å². The molecule has 2 N–H and O–H groups in total. The number of halogens is 3. The number of aromatic carboxylic acids is 1. The summed E-state index contributed by atoms with van der Waals surface area (Å²) in [5, 5.41) is 20.1. The Bertz CT molecular complexity index is 1030. The van der Waals surface area contributed by atoms with Gasteiger partial charge in [-0.2, -0.15) is 13.2 Å². The lowest BCUT2D eigenvalue weighted by Gasteiger charge is -2.24. The average Bonchev–Trinajstić information content (AvgIpc) is 2.61. The van der Waals surface area contributed by atoms with Gasteiger partial charge in [-0.3, -0.25) is 0 Å². The van der Waals surface area contributed by atoms with Crippen LogP contribution in [0.3, 0.4) is 0 Å². The van der Waals surface area contributed by atoms with Gasteiger partial charge >= 0.3 is 12.1 Å². The van der Waals surface area contributed by atoms with Crippen molar-refractivity contribution in [2.45, 2.75) is 25.9 Å². The van der Waals surface area contributed by atoms with Gasteiger partial charge in [0.05, 0.1) is 16.8 Å². The quantitative estimate of drug-likeness (QED) is 0.623. The number of aromatic hydroxyl groups is 1. The second-order valence-electron chi connectivity index (χ2n) is 6.86. The fourth-order valence-corrected chi connectivity index (χ4v) is 3.48. The summed E-state index contributed by atoms with van der Waals surface area (Å²) in [7, 11) is 0. The molecule has 7 heteroatoms. The van der Waals surface area contributed by atoms with E-state index in [0.717, 1.165) is 17.7 Å². The first-order valence-electron chi connectivity index (χ1n) is 8.64. The summed E-state index contributed by atoms with van der Waals surface area (Å²) in [5.74, 6) is -2.86. The number of aromatic nitrogens is 1. The fourth-order valence-electron chi connectivity index (χ4n) is 3.48. The van der Waals surface area contributed by atoms with Crippen LogP contribution < -0.4 is 0 Å². The Morgan fingerprint density at radius 3 is 2.21 bits per heavy atom. The molecule has 0 aliphatic rings. The van der Waals surface area contributed by atoms with Gasteiger partial charge in [0, 0.05) is 11.3 Å². The van der Waals surface area contributed by atoms with E-state index in [4.69, 9.17) is 0 Å². The summed E-state index contributed by atoms with van der Waals surface area (Å²) < 4.78 is 40.5. The van der Waals surface area contributed by atoms with Gasteiger partial charge in [-0.15, -0.1) is 0 Å². The van der Waals surface area contributed by atoms with Crippen LogP contribution in [0.5, 0.6) is 5.75 Å². The minimum absolute atomic E-state index is 0.0807. The molecule has 0 saturated carbocycles. The van der Waals surface area contributed by atoms with Crippen LogP contribution in [-0.4, -0.2) is 21.2 Å². The zero-order valence-electron chi connectivity index (χ0n) is 15.2. The summed E-state index contributed by atoms with van der Waals surface area (Å²) >= 11 is 0. The van der Waals surface area contributed by atoms with Crippen LogP contribution in [0.25, 0.3) is 10.9 Å². The lowest BCUT2D eigenvalue weighted by molar-refractivity contribution is -0.136. The molecule has 0 bridgehead atoms. The number of rotatable bonds is 4. The maximum absolute atomic E-state index is 13.5. The molecule has 0 amide bonds. The molecule has 1 heterocycles. The van der Waals surface area contributed by atoms with Gasteiger partial charge in [0.15, 0.2) is 5.75 Å². The van der Waals surface area contributed by atoms with Crippen molar-refractivity contribution in [2.75, 3.05) is 0 Å². The zero-order chi connectivity index (χ0) is 20.6. The van der Waals surface area contributed by atoms with Gasteiger partial charge < -0.3 is 10.2 Å². The molecule has 1 atom stereocenters. The van der Waals surface area contributed by atoms with Crippen molar-refractivity contribution in [3.63, 3.8) is 0 Å². The number of carboxylic acids is 1. The summed E-state index contributed by atoms with van der Waals surface area (Å²) in [6.07, 6.45) is -4.71. The second-order valence-corrected chi connectivity index (χ2v) is 6.86. The molecule has 2 aromatic carbocycles. The van der Waals surface area contributed by atoms with E-state index < -0.39 is 40.5 Å². The highest BCUT2D eigenvalue weighted by atomic mass is 19.4. The average molecular weight is 389 g/mol. The molecule has 4 nitrogen and oxygen atoms in total. The second kappa shape index (κ2) is 7.14. The normalized spacial score (nSPS) is 13.1. The standard InChI is InChI=1S/C21H18F3NO3/c1-11(2)15(12-7-4-3-5-8-12)18-19(26)16(20(27)28)13-9-6-10-14(17(13)25-18)21(22,23)24/h3-11,15,26H,1-2H3,(H,27,28). The van der Waals surface area contributed by atoms with Crippen LogP contribution in [0.1, 0.15) is 46.9 Å². The molecule has 28 heavy (non-hydrogen) atoms.